The molecule has 0 bridgehead atoms. The maximum Gasteiger partial charge on any atom is 0.0228 e. The Bertz CT molecular complexity index is 207. The van der Waals surface area contributed by atoms with Gasteiger partial charge in [0.2, 0.25) is 0 Å². The Kier molecular flexibility index (Phi) is 3.36. The lowest BCUT2D eigenvalue weighted by molar-refractivity contribution is 0.145. The molecular formula is C13H26N2. The van der Waals surface area contributed by atoms with Crippen LogP contribution in [0.4, 0.5) is 0 Å². The van der Waals surface area contributed by atoms with E-state index in [-0.39, 0.29) is 0 Å². The standard InChI is InChI=1S/C13H26N2/c1-13(2,3)9-12-10-14-7-6-11-5-4-8-15(11)12/h11-12,14H,4-10H2,1-3H3. The third-order valence-electron chi connectivity index (χ3n) is 3.77. The van der Waals surface area contributed by atoms with E-state index in [1.807, 2.05) is 0 Å². The summed E-state index contributed by atoms with van der Waals surface area (Å²) in [5.74, 6) is 0. The van der Waals surface area contributed by atoms with Gasteiger partial charge in [-0.2, -0.15) is 0 Å². The van der Waals surface area contributed by atoms with E-state index in [9.17, 15) is 0 Å². The van der Waals surface area contributed by atoms with Crippen LogP contribution in [0.15, 0.2) is 0 Å². The van der Waals surface area contributed by atoms with Gasteiger partial charge in [0.25, 0.3) is 0 Å². The molecule has 0 radical (unpaired) electrons. The largest absolute Gasteiger partial charge is 0.315 e. The Labute approximate surface area is 94.4 Å². The average Bonchev–Trinajstić information content (AvgIpc) is 2.50. The molecule has 0 spiro atoms. The summed E-state index contributed by atoms with van der Waals surface area (Å²) in [5, 5.41) is 3.61. The van der Waals surface area contributed by atoms with Crippen LogP contribution >= 0.6 is 0 Å². The Morgan fingerprint density at radius 1 is 1.27 bits per heavy atom. The van der Waals surface area contributed by atoms with Gasteiger partial charge in [-0.25, -0.2) is 0 Å². The monoisotopic (exact) mass is 210 g/mol. The summed E-state index contributed by atoms with van der Waals surface area (Å²) in [4.78, 5) is 2.78. The van der Waals surface area contributed by atoms with Gasteiger partial charge < -0.3 is 5.32 Å². The van der Waals surface area contributed by atoms with Crippen LogP contribution in [0.25, 0.3) is 0 Å². The van der Waals surface area contributed by atoms with E-state index in [1.54, 1.807) is 0 Å². The van der Waals surface area contributed by atoms with Crippen molar-refractivity contribution in [1.82, 2.24) is 10.2 Å². The smallest absolute Gasteiger partial charge is 0.0228 e. The van der Waals surface area contributed by atoms with E-state index in [0.29, 0.717) is 5.41 Å². The molecule has 15 heavy (non-hydrogen) atoms. The van der Waals surface area contributed by atoms with Crippen LogP contribution in [0.2, 0.25) is 0 Å². The molecule has 0 aromatic heterocycles. The summed E-state index contributed by atoms with van der Waals surface area (Å²) in [6.07, 6.45) is 5.55. The highest BCUT2D eigenvalue weighted by Crippen LogP contribution is 2.30. The summed E-state index contributed by atoms with van der Waals surface area (Å²) in [5.41, 5.74) is 0.462. The number of fused-ring (bicyclic) bond motifs is 1. The van der Waals surface area contributed by atoms with Gasteiger partial charge >= 0.3 is 0 Å². The minimum Gasteiger partial charge on any atom is -0.315 e. The third kappa shape index (κ3) is 2.94. The summed E-state index contributed by atoms with van der Waals surface area (Å²) in [6.45, 7) is 10.9. The van der Waals surface area contributed by atoms with Gasteiger partial charge in [0.1, 0.15) is 0 Å². The first kappa shape index (κ1) is 11.4. The van der Waals surface area contributed by atoms with Crippen molar-refractivity contribution in [2.24, 2.45) is 5.41 Å². The number of nitrogens with one attached hydrogen (secondary N) is 1. The normalized spacial score (nSPS) is 33.8. The first-order chi connectivity index (χ1) is 7.06. The van der Waals surface area contributed by atoms with Crippen LogP contribution in [0.5, 0.6) is 0 Å². The Morgan fingerprint density at radius 2 is 2.07 bits per heavy atom. The van der Waals surface area contributed by atoms with Gasteiger partial charge in [-0.3, -0.25) is 4.90 Å². The molecule has 2 aliphatic heterocycles. The highest BCUT2D eigenvalue weighted by molar-refractivity contribution is 4.90. The molecule has 0 aromatic carbocycles. The molecule has 2 nitrogen and oxygen atoms in total. The van der Waals surface area contributed by atoms with Crippen molar-refractivity contribution in [1.29, 1.82) is 0 Å². The van der Waals surface area contributed by atoms with Crippen molar-refractivity contribution in [3.05, 3.63) is 0 Å². The predicted octanol–water partition coefficient (Wildman–Crippen LogP) is 2.25. The van der Waals surface area contributed by atoms with Crippen molar-refractivity contribution in [2.45, 2.75) is 58.5 Å². The first-order valence-corrected chi connectivity index (χ1v) is 6.53. The van der Waals surface area contributed by atoms with Crippen LogP contribution in [-0.4, -0.2) is 36.6 Å². The van der Waals surface area contributed by atoms with Gasteiger partial charge in [-0.15, -0.1) is 0 Å². The molecule has 2 heteroatoms. The summed E-state index contributed by atoms with van der Waals surface area (Å²) < 4.78 is 0. The second-order valence-electron chi connectivity index (χ2n) is 6.45. The van der Waals surface area contributed by atoms with Crippen molar-refractivity contribution in [3.8, 4) is 0 Å². The molecule has 2 fully saturated rings. The molecule has 2 atom stereocenters. The summed E-state index contributed by atoms with van der Waals surface area (Å²) in [7, 11) is 0. The lowest BCUT2D eigenvalue weighted by Crippen LogP contribution is -2.43. The molecule has 1 N–H and O–H groups in total. The second-order valence-corrected chi connectivity index (χ2v) is 6.45. The molecule has 2 saturated heterocycles. The first-order valence-electron chi connectivity index (χ1n) is 6.53. The number of hydrogen-bond donors (Lipinski definition) is 1. The Hall–Kier alpha value is -0.0800. The Balaban J connectivity index is 2.01. The van der Waals surface area contributed by atoms with E-state index >= 15 is 0 Å². The molecule has 0 aromatic rings. The van der Waals surface area contributed by atoms with E-state index in [1.165, 1.54) is 45.3 Å². The zero-order valence-electron chi connectivity index (χ0n) is 10.6. The predicted molar refractivity (Wildman–Crippen MR) is 65.1 cm³/mol. The van der Waals surface area contributed by atoms with Crippen LogP contribution in [0.1, 0.15) is 46.5 Å². The molecular weight excluding hydrogens is 184 g/mol. The van der Waals surface area contributed by atoms with Gasteiger partial charge in [0.15, 0.2) is 0 Å². The van der Waals surface area contributed by atoms with Gasteiger partial charge in [-0.05, 0) is 44.2 Å². The molecule has 88 valence electrons. The van der Waals surface area contributed by atoms with Crippen molar-refractivity contribution < 1.29 is 0 Å². The Morgan fingerprint density at radius 3 is 2.80 bits per heavy atom. The van der Waals surface area contributed by atoms with Gasteiger partial charge in [0.05, 0.1) is 0 Å². The molecule has 2 unspecified atom stereocenters. The minimum atomic E-state index is 0.462. The molecule has 0 amide bonds. The third-order valence-corrected chi connectivity index (χ3v) is 3.77. The van der Waals surface area contributed by atoms with E-state index in [4.69, 9.17) is 0 Å². The van der Waals surface area contributed by atoms with E-state index in [0.717, 1.165) is 12.1 Å². The van der Waals surface area contributed by atoms with Crippen molar-refractivity contribution in [3.63, 3.8) is 0 Å². The highest BCUT2D eigenvalue weighted by atomic mass is 15.2. The van der Waals surface area contributed by atoms with Crippen LogP contribution < -0.4 is 5.32 Å². The lowest BCUT2D eigenvalue weighted by Gasteiger charge is -2.34. The van der Waals surface area contributed by atoms with Crippen LogP contribution in [0.3, 0.4) is 0 Å². The maximum absolute atomic E-state index is 3.61. The number of rotatable bonds is 1. The quantitative estimate of drug-likeness (QED) is 0.714. The van der Waals surface area contributed by atoms with E-state index in [2.05, 4.69) is 31.0 Å². The van der Waals surface area contributed by atoms with Crippen molar-refractivity contribution in [2.75, 3.05) is 19.6 Å². The highest BCUT2D eigenvalue weighted by Gasteiger charge is 2.33. The molecule has 2 rings (SSSR count). The van der Waals surface area contributed by atoms with Gasteiger partial charge in [0, 0.05) is 18.6 Å². The number of nitrogens with zero attached hydrogens (tertiary/aromatic N) is 1. The molecule has 0 saturated carbocycles. The minimum absolute atomic E-state index is 0.462. The fourth-order valence-electron chi connectivity index (χ4n) is 3.20. The summed E-state index contributed by atoms with van der Waals surface area (Å²) >= 11 is 0. The lowest BCUT2D eigenvalue weighted by atomic mass is 9.87. The number of hydrogen-bond acceptors (Lipinski definition) is 2. The van der Waals surface area contributed by atoms with Gasteiger partial charge in [-0.1, -0.05) is 20.8 Å². The van der Waals surface area contributed by atoms with Crippen LogP contribution in [0, 0.1) is 5.41 Å². The molecule has 2 aliphatic rings. The van der Waals surface area contributed by atoms with Crippen molar-refractivity contribution >= 4 is 0 Å². The molecule has 0 aliphatic carbocycles. The second kappa shape index (κ2) is 4.42. The maximum atomic E-state index is 3.61. The topological polar surface area (TPSA) is 15.3 Å². The fourth-order valence-corrected chi connectivity index (χ4v) is 3.20. The zero-order valence-corrected chi connectivity index (χ0v) is 10.6. The average molecular weight is 210 g/mol. The molecule has 2 heterocycles. The van der Waals surface area contributed by atoms with E-state index < -0.39 is 0 Å². The summed E-state index contributed by atoms with van der Waals surface area (Å²) in [6, 6.07) is 1.66. The fraction of sp³-hybridized carbons (Fsp3) is 1.00. The zero-order chi connectivity index (χ0) is 10.9. The SMILES string of the molecule is CC(C)(C)CC1CNCCC2CCCN21. The van der Waals surface area contributed by atoms with Crippen LogP contribution in [-0.2, 0) is 0 Å².